The van der Waals surface area contributed by atoms with E-state index in [1.165, 1.54) is 0 Å². The Labute approximate surface area is 205 Å². The highest BCUT2D eigenvalue weighted by molar-refractivity contribution is 5.90. The Morgan fingerprint density at radius 2 is 1.94 bits per heavy atom. The van der Waals surface area contributed by atoms with Crippen molar-refractivity contribution >= 4 is 22.8 Å². The van der Waals surface area contributed by atoms with Crippen LogP contribution < -0.4 is 20.3 Å². The molecule has 2 aliphatic rings. The lowest BCUT2D eigenvalue weighted by Gasteiger charge is -2.36. The van der Waals surface area contributed by atoms with Gasteiger partial charge in [0.1, 0.15) is 11.6 Å². The van der Waals surface area contributed by atoms with Crippen molar-refractivity contribution in [3.05, 3.63) is 35.9 Å². The number of ether oxygens (including phenoxy) is 2. The molecule has 5 rings (SSSR count). The number of fused-ring (bicyclic) bond motifs is 1. The van der Waals surface area contributed by atoms with E-state index in [9.17, 15) is 5.11 Å². The summed E-state index contributed by atoms with van der Waals surface area (Å²) >= 11 is 0. The summed E-state index contributed by atoms with van der Waals surface area (Å²) in [7, 11) is 1.60. The van der Waals surface area contributed by atoms with Crippen LogP contribution >= 0.6 is 0 Å². The van der Waals surface area contributed by atoms with Crippen molar-refractivity contribution in [2.45, 2.75) is 32.4 Å². The molecule has 0 unspecified atom stereocenters. The summed E-state index contributed by atoms with van der Waals surface area (Å²) in [4.78, 5) is 19.5. The number of methoxy groups -OCH3 is 1. The number of piperidine rings is 1. The third kappa shape index (κ3) is 4.76. The topological polar surface area (TPSA) is 110 Å². The fourth-order valence-corrected chi connectivity index (χ4v) is 4.98. The van der Waals surface area contributed by atoms with Gasteiger partial charge in [0.25, 0.3) is 0 Å². The molecule has 0 saturated carbocycles. The zero-order valence-electron chi connectivity index (χ0n) is 20.5. The van der Waals surface area contributed by atoms with Crippen LogP contribution in [0.2, 0.25) is 0 Å². The molecule has 3 aromatic rings. The number of aromatic nitrogens is 3. The van der Waals surface area contributed by atoms with Gasteiger partial charge in [0.05, 0.1) is 44.1 Å². The lowest BCUT2D eigenvalue weighted by molar-refractivity contribution is 0.0987. The Balaban J connectivity index is 1.59. The van der Waals surface area contributed by atoms with Crippen molar-refractivity contribution in [2.75, 3.05) is 56.3 Å². The molecule has 2 fully saturated rings. The van der Waals surface area contributed by atoms with Crippen LogP contribution in [-0.2, 0) is 11.3 Å². The molecular formula is C26H34N6O3. The van der Waals surface area contributed by atoms with Crippen molar-refractivity contribution in [3.63, 3.8) is 0 Å². The maximum atomic E-state index is 9.77. The van der Waals surface area contributed by atoms with Gasteiger partial charge in [-0.05, 0) is 62.6 Å². The predicted octanol–water partition coefficient (Wildman–Crippen LogP) is 2.59. The zero-order valence-corrected chi connectivity index (χ0v) is 20.5. The Hall–Kier alpha value is -3.01. The van der Waals surface area contributed by atoms with Gasteiger partial charge in [-0.25, -0.2) is 4.98 Å². The number of aliphatic hydroxyl groups is 1. The van der Waals surface area contributed by atoms with Gasteiger partial charge < -0.3 is 30.1 Å². The molecular weight excluding hydrogens is 444 g/mol. The summed E-state index contributed by atoms with van der Waals surface area (Å²) in [6, 6.07) is 10.00. The Morgan fingerprint density at radius 3 is 2.66 bits per heavy atom. The number of pyridine rings is 1. The van der Waals surface area contributed by atoms with Crippen molar-refractivity contribution in [1.82, 2.24) is 15.0 Å². The molecule has 1 aromatic carbocycles. The second-order valence-corrected chi connectivity index (χ2v) is 9.38. The maximum Gasteiger partial charge on any atom is 0.229 e. The lowest BCUT2D eigenvalue weighted by Crippen LogP contribution is -2.44. The van der Waals surface area contributed by atoms with Crippen LogP contribution in [0.4, 0.5) is 11.8 Å². The van der Waals surface area contributed by atoms with E-state index in [4.69, 9.17) is 30.2 Å². The molecule has 1 atom stereocenters. The minimum Gasteiger partial charge on any atom is -0.496 e. The monoisotopic (exact) mass is 478 g/mol. The first-order valence-corrected chi connectivity index (χ1v) is 12.4. The summed E-state index contributed by atoms with van der Waals surface area (Å²) < 4.78 is 11.0. The summed E-state index contributed by atoms with van der Waals surface area (Å²) in [5.74, 6) is 2.85. The first kappa shape index (κ1) is 23.7. The molecule has 0 radical (unpaired) electrons. The summed E-state index contributed by atoms with van der Waals surface area (Å²) in [6.07, 6.45) is 2.09. The average Bonchev–Trinajstić information content (AvgIpc) is 2.92. The molecule has 4 heterocycles. The number of hydrogen-bond donors (Lipinski definition) is 2. The number of anilines is 2. The second-order valence-electron chi connectivity index (χ2n) is 9.38. The van der Waals surface area contributed by atoms with Gasteiger partial charge >= 0.3 is 0 Å². The predicted molar refractivity (Wildman–Crippen MR) is 137 cm³/mol. The molecule has 2 saturated heterocycles. The Bertz CT molecular complexity index is 1180. The van der Waals surface area contributed by atoms with E-state index in [-0.39, 0.29) is 12.6 Å². The number of nitrogens with two attached hydrogens (primary N) is 1. The van der Waals surface area contributed by atoms with Gasteiger partial charge in [-0.1, -0.05) is 0 Å². The second kappa shape index (κ2) is 10.3. The van der Waals surface area contributed by atoms with Crippen LogP contribution in [0.25, 0.3) is 22.3 Å². The van der Waals surface area contributed by atoms with Crippen LogP contribution in [-0.4, -0.2) is 72.6 Å². The van der Waals surface area contributed by atoms with Crippen molar-refractivity contribution in [2.24, 2.45) is 11.7 Å². The smallest absolute Gasteiger partial charge is 0.229 e. The van der Waals surface area contributed by atoms with E-state index < -0.39 is 0 Å². The van der Waals surface area contributed by atoms with Crippen LogP contribution in [0.5, 0.6) is 5.75 Å². The SMILES string of the molecule is COc1ccc(-c2ccc3c(N4CCOC[C@@H]4C)nc(N4CCC(CN)CC4)nc3n2)cc1CO. The van der Waals surface area contributed by atoms with Gasteiger partial charge in [0.2, 0.25) is 5.95 Å². The first-order chi connectivity index (χ1) is 17.1. The molecule has 0 spiro atoms. The van der Waals surface area contributed by atoms with E-state index in [0.29, 0.717) is 30.5 Å². The molecule has 9 nitrogen and oxygen atoms in total. The highest BCUT2D eigenvalue weighted by Gasteiger charge is 2.26. The normalized spacial score (nSPS) is 19.4. The van der Waals surface area contributed by atoms with E-state index >= 15 is 0 Å². The Kier molecular flexibility index (Phi) is 6.99. The largest absolute Gasteiger partial charge is 0.496 e. The molecule has 0 aliphatic carbocycles. The highest BCUT2D eigenvalue weighted by Crippen LogP contribution is 2.32. The zero-order chi connectivity index (χ0) is 24.4. The van der Waals surface area contributed by atoms with E-state index in [1.807, 2.05) is 24.3 Å². The number of hydrogen-bond acceptors (Lipinski definition) is 9. The summed E-state index contributed by atoms with van der Waals surface area (Å²) in [5.41, 5.74) is 9.00. The minimum atomic E-state index is -0.102. The number of rotatable bonds is 6. The van der Waals surface area contributed by atoms with E-state index in [2.05, 4.69) is 22.8 Å². The third-order valence-electron chi connectivity index (χ3n) is 7.14. The molecule has 9 heteroatoms. The molecule has 0 bridgehead atoms. The highest BCUT2D eigenvalue weighted by atomic mass is 16.5. The first-order valence-electron chi connectivity index (χ1n) is 12.4. The van der Waals surface area contributed by atoms with Gasteiger partial charge in [0, 0.05) is 30.8 Å². The average molecular weight is 479 g/mol. The van der Waals surface area contributed by atoms with Crippen LogP contribution in [0.15, 0.2) is 30.3 Å². The number of benzene rings is 1. The van der Waals surface area contributed by atoms with Crippen molar-refractivity contribution in [1.29, 1.82) is 0 Å². The van der Waals surface area contributed by atoms with Crippen LogP contribution in [0, 0.1) is 5.92 Å². The van der Waals surface area contributed by atoms with Crippen molar-refractivity contribution < 1.29 is 14.6 Å². The van der Waals surface area contributed by atoms with Gasteiger partial charge in [-0.3, -0.25) is 0 Å². The van der Waals surface area contributed by atoms with E-state index in [1.54, 1.807) is 7.11 Å². The molecule has 35 heavy (non-hydrogen) atoms. The molecule has 3 N–H and O–H groups in total. The van der Waals surface area contributed by atoms with Gasteiger partial charge in [0.15, 0.2) is 5.65 Å². The molecule has 0 amide bonds. The number of morpholine rings is 1. The summed E-state index contributed by atoms with van der Waals surface area (Å²) in [6.45, 7) is 6.70. The summed E-state index contributed by atoms with van der Waals surface area (Å²) in [5, 5.41) is 10.7. The number of aliphatic hydroxyl groups excluding tert-OH is 1. The number of nitrogens with zero attached hydrogens (tertiary/aromatic N) is 5. The van der Waals surface area contributed by atoms with Gasteiger partial charge in [-0.15, -0.1) is 0 Å². The molecule has 2 aliphatic heterocycles. The van der Waals surface area contributed by atoms with Gasteiger partial charge in [-0.2, -0.15) is 9.97 Å². The minimum absolute atomic E-state index is 0.102. The quantitative estimate of drug-likeness (QED) is 0.552. The fourth-order valence-electron chi connectivity index (χ4n) is 4.98. The van der Waals surface area contributed by atoms with Crippen LogP contribution in [0.3, 0.4) is 0 Å². The Morgan fingerprint density at radius 1 is 1.11 bits per heavy atom. The molecule has 186 valence electrons. The lowest BCUT2D eigenvalue weighted by atomic mass is 9.97. The molecule has 2 aromatic heterocycles. The van der Waals surface area contributed by atoms with E-state index in [0.717, 1.165) is 73.0 Å². The standard InChI is InChI=1S/C26H34N6O3/c1-17-16-35-12-11-32(17)25-21-4-5-22(19-3-6-23(34-2)20(13-19)15-33)28-24(21)29-26(30-25)31-9-7-18(14-27)8-10-31/h3-6,13,17-18,33H,7-12,14-16,27H2,1-2H3/t17-/m0/s1. The third-order valence-corrected chi connectivity index (χ3v) is 7.14. The fraction of sp³-hybridized carbons (Fsp3) is 0.500. The van der Waals surface area contributed by atoms with Crippen LogP contribution in [0.1, 0.15) is 25.3 Å². The maximum absolute atomic E-state index is 9.77. The van der Waals surface area contributed by atoms with Crippen molar-refractivity contribution in [3.8, 4) is 17.0 Å².